The molecule has 3 heterocycles. The third-order valence-corrected chi connectivity index (χ3v) is 9.34. The van der Waals surface area contributed by atoms with Crippen molar-refractivity contribution in [1.29, 1.82) is 0 Å². The van der Waals surface area contributed by atoms with Crippen LogP contribution in [0.1, 0.15) is 51.5 Å². The van der Waals surface area contributed by atoms with E-state index in [4.69, 9.17) is 0 Å². The van der Waals surface area contributed by atoms with Crippen LogP contribution in [-0.4, -0.2) is 103 Å². The van der Waals surface area contributed by atoms with Gasteiger partial charge in [-0.15, -0.1) is 0 Å². The van der Waals surface area contributed by atoms with Crippen LogP contribution in [0.15, 0.2) is 38.8 Å². The van der Waals surface area contributed by atoms with E-state index in [1.807, 2.05) is 31.2 Å². The van der Waals surface area contributed by atoms with Crippen molar-refractivity contribution in [3.63, 3.8) is 0 Å². The lowest BCUT2D eigenvalue weighted by Gasteiger charge is -2.35. The fourth-order valence-electron chi connectivity index (χ4n) is 5.47. The lowest BCUT2D eigenvalue weighted by atomic mass is 10.2. The van der Waals surface area contributed by atoms with Crippen molar-refractivity contribution in [2.24, 2.45) is 0 Å². The molecule has 2 atom stereocenters. The van der Waals surface area contributed by atoms with Crippen LogP contribution in [0.2, 0.25) is 0 Å². The molecule has 232 valence electrons. The molecule has 11 nitrogen and oxygen atoms in total. The number of nitrogens with one attached hydrogen (secondary N) is 2. The first kappa shape index (κ1) is 32.1. The Labute approximate surface area is 250 Å². The molecule has 42 heavy (non-hydrogen) atoms. The van der Waals surface area contributed by atoms with Gasteiger partial charge in [-0.25, -0.2) is 4.79 Å². The monoisotopic (exact) mass is 601 g/mol. The Hall–Kier alpha value is -2.80. The molecular weight excluding hydrogens is 554 g/mol. The smallest absolute Gasteiger partial charge is 0.327 e. The summed E-state index contributed by atoms with van der Waals surface area (Å²) in [4.78, 5) is 42.2. The number of aromatic amines is 2. The van der Waals surface area contributed by atoms with Crippen molar-refractivity contribution < 1.29 is 9.32 Å². The van der Waals surface area contributed by atoms with Crippen LogP contribution in [-0.2, 0) is 17.3 Å². The second-order valence-electron chi connectivity index (χ2n) is 11.3. The number of unbranched alkanes of at least 4 members (excludes halogenated alkanes) is 2. The average Bonchev–Trinajstić information content (AvgIpc) is 3.32. The van der Waals surface area contributed by atoms with E-state index in [0.29, 0.717) is 18.2 Å². The molecule has 0 bridgehead atoms. The van der Waals surface area contributed by atoms with Crippen LogP contribution >= 0.6 is 0 Å². The Bertz CT molecular complexity index is 1400. The van der Waals surface area contributed by atoms with Gasteiger partial charge in [-0.05, 0) is 44.9 Å². The molecule has 4 rings (SSSR count). The van der Waals surface area contributed by atoms with E-state index in [1.54, 1.807) is 4.57 Å². The lowest BCUT2D eigenvalue weighted by Crippen LogP contribution is -2.49. The van der Waals surface area contributed by atoms with Crippen LogP contribution in [0.25, 0.3) is 11.2 Å². The minimum absolute atomic E-state index is 0.209. The highest BCUT2D eigenvalue weighted by Crippen LogP contribution is 2.21. The number of β-amino-alcohol motifs (C(OH)–C–C–N with tert-alkyl or cyclic N) is 1. The number of imidazole rings is 1. The molecule has 1 aliphatic heterocycles. The Morgan fingerprint density at radius 2 is 1.60 bits per heavy atom. The number of aliphatic hydroxyl groups excluding tert-OH is 1. The molecular formula is C30H47N7O4S. The van der Waals surface area contributed by atoms with Gasteiger partial charge >= 0.3 is 5.69 Å². The van der Waals surface area contributed by atoms with E-state index >= 15 is 0 Å². The molecule has 3 N–H and O–H groups in total. The van der Waals surface area contributed by atoms with E-state index < -0.39 is 28.2 Å². The summed E-state index contributed by atoms with van der Waals surface area (Å²) in [6.07, 6.45) is 4.18. The van der Waals surface area contributed by atoms with Crippen LogP contribution in [0.3, 0.4) is 0 Å². The lowest BCUT2D eigenvalue weighted by molar-refractivity contribution is 0.0652. The fraction of sp³-hybridized carbons (Fsp3) is 0.633. The molecule has 0 saturated carbocycles. The highest BCUT2D eigenvalue weighted by atomic mass is 32.2. The second kappa shape index (κ2) is 15.6. The van der Waals surface area contributed by atoms with Gasteiger partial charge in [-0.2, -0.15) is 4.98 Å². The molecule has 2 aromatic heterocycles. The largest absolute Gasteiger partial charge is 0.390 e. The maximum atomic E-state index is 12.8. The summed E-state index contributed by atoms with van der Waals surface area (Å²) in [5.41, 5.74) is 0.624. The highest BCUT2D eigenvalue weighted by molar-refractivity contribution is 7.85. The molecule has 0 aliphatic carbocycles. The minimum atomic E-state index is -0.975. The van der Waals surface area contributed by atoms with Gasteiger partial charge in [0.2, 0.25) is 5.95 Å². The second-order valence-corrected chi connectivity index (χ2v) is 12.9. The van der Waals surface area contributed by atoms with Crippen LogP contribution < -0.4 is 16.1 Å². The number of nitrogens with zero attached hydrogens (tertiary/aromatic N) is 5. The van der Waals surface area contributed by atoms with E-state index in [1.165, 1.54) is 5.56 Å². The normalized spacial score (nSPS) is 16.2. The van der Waals surface area contributed by atoms with Crippen LogP contribution in [0.5, 0.6) is 0 Å². The number of aromatic nitrogens is 4. The summed E-state index contributed by atoms with van der Waals surface area (Å²) in [6, 6.07) is 7.92. The van der Waals surface area contributed by atoms with E-state index in [-0.39, 0.29) is 17.7 Å². The molecule has 1 aromatic carbocycles. The number of piperazine rings is 1. The molecule has 0 spiro atoms. The van der Waals surface area contributed by atoms with Gasteiger partial charge in [0, 0.05) is 56.5 Å². The van der Waals surface area contributed by atoms with E-state index in [2.05, 4.69) is 43.5 Å². The Kier molecular flexibility index (Phi) is 11.9. The summed E-state index contributed by atoms with van der Waals surface area (Å²) in [5.74, 6) is 1.27. The van der Waals surface area contributed by atoms with Gasteiger partial charge in [0.15, 0.2) is 11.2 Å². The number of aliphatic hydroxyl groups is 1. The van der Waals surface area contributed by atoms with Gasteiger partial charge in [0.25, 0.3) is 5.56 Å². The zero-order chi connectivity index (χ0) is 30.1. The Morgan fingerprint density at radius 1 is 0.952 bits per heavy atom. The summed E-state index contributed by atoms with van der Waals surface area (Å²) < 4.78 is 14.4. The zero-order valence-electron chi connectivity index (χ0n) is 25.3. The average molecular weight is 602 g/mol. The van der Waals surface area contributed by atoms with Crippen molar-refractivity contribution in [2.45, 2.75) is 70.4 Å². The van der Waals surface area contributed by atoms with E-state index in [0.717, 1.165) is 82.8 Å². The summed E-state index contributed by atoms with van der Waals surface area (Å²) in [7, 11) is -0.975. The highest BCUT2D eigenvalue weighted by Gasteiger charge is 2.24. The maximum Gasteiger partial charge on any atom is 0.327 e. The number of H-pyrrole nitrogens is 2. The molecule has 1 fully saturated rings. The molecule has 0 radical (unpaired) electrons. The van der Waals surface area contributed by atoms with Gasteiger partial charge < -0.3 is 19.5 Å². The van der Waals surface area contributed by atoms with Crippen molar-refractivity contribution in [3.8, 4) is 0 Å². The quantitative estimate of drug-likeness (QED) is 0.228. The predicted octanol–water partition coefficient (Wildman–Crippen LogP) is 2.30. The minimum Gasteiger partial charge on any atom is -0.390 e. The summed E-state index contributed by atoms with van der Waals surface area (Å²) >= 11 is 0. The molecule has 3 aromatic rings. The number of hydrogen-bond acceptors (Lipinski definition) is 8. The number of rotatable bonds is 16. The third kappa shape index (κ3) is 8.62. The molecule has 2 unspecified atom stereocenters. The zero-order valence-corrected chi connectivity index (χ0v) is 26.1. The molecule has 1 saturated heterocycles. The van der Waals surface area contributed by atoms with Crippen molar-refractivity contribution in [1.82, 2.24) is 29.3 Å². The molecule has 1 aliphatic rings. The van der Waals surface area contributed by atoms with Crippen molar-refractivity contribution in [2.75, 3.05) is 63.0 Å². The number of benzene rings is 1. The number of hydrogen-bond donors (Lipinski definition) is 3. The van der Waals surface area contributed by atoms with Crippen molar-refractivity contribution >= 4 is 27.9 Å². The molecule has 12 heteroatoms. The SMILES string of the molecule is CCCCN(CCCC)c1nc2[nH]c(=O)[nH]c(=O)c2n1CC(O)CN1CCN(CCCS(=O)c2ccc(C)cc2)CC1. The van der Waals surface area contributed by atoms with E-state index in [9.17, 15) is 18.9 Å². The van der Waals surface area contributed by atoms with Crippen molar-refractivity contribution in [3.05, 3.63) is 50.7 Å². The first-order valence-electron chi connectivity index (χ1n) is 15.3. The number of fused-ring (bicyclic) bond motifs is 1. The van der Waals surface area contributed by atoms with Gasteiger partial charge in [-0.1, -0.05) is 44.4 Å². The maximum absolute atomic E-state index is 12.8. The standard InChI is InChI=1S/C30H47N7O4S/c1-4-6-14-36(15-7-5-2)30-32-27-26(28(39)33-29(40)31-27)37(30)22-24(38)21-35-18-16-34(17-19-35)13-8-20-42(41)25-11-9-23(3)10-12-25/h9-12,24,38H,4-8,13-22H2,1-3H3,(H2,31,33,39,40). The van der Waals surface area contributed by atoms with Gasteiger partial charge in [-0.3, -0.25) is 23.9 Å². The fourth-order valence-corrected chi connectivity index (χ4v) is 6.54. The first-order chi connectivity index (χ1) is 20.3. The predicted molar refractivity (Wildman–Crippen MR) is 169 cm³/mol. The van der Waals surface area contributed by atoms with Gasteiger partial charge in [0.1, 0.15) is 0 Å². The van der Waals surface area contributed by atoms with Gasteiger partial charge in [0.05, 0.1) is 23.4 Å². The molecule has 0 amide bonds. The third-order valence-electron chi connectivity index (χ3n) is 7.88. The Balaban J connectivity index is 1.34. The van der Waals surface area contributed by atoms with Crippen LogP contribution in [0.4, 0.5) is 5.95 Å². The Morgan fingerprint density at radius 3 is 2.24 bits per heavy atom. The summed E-state index contributed by atoms with van der Waals surface area (Å²) in [6.45, 7) is 12.9. The summed E-state index contributed by atoms with van der Waals surface area (Å²) in [5, 5.41) is 11.2. The topological polar surface area (TPSA) is 131 Å². The number of aryl methyl sites for hydroxylation is 1. The number of anilines is 1. The first-order valence-corrected chi connectivity index (χ1v) is 16.7. The van der Waals surface area contributed by atoms with Crippen LogP contribution in [0, 0.1) is 6.92 Å².